The molecule has 0 aromatic heterocycles. The molecule has 108 valence electrons. The van der Waals surface area contributed by atoms with E-state index < -0.39 is 17.7 Å². The van der Waals surface area contributed by atoms with E-state index in [4.69, 9.17) is 9.47 Å². The molecule has 6 heteroatoms. The van der Waals surface area contributed by atoms with Crippen molar-refractivity contribution in [3.8, 4) is 0 Å². The van der Waals surface area contributed by atoms with E-state index in [-0.39, 0.29) is 24.4 Å². The van der Waals surface area contributed by atoms with Gasteiger partial charge < -0.3 is 19.9 Å². The number of aliphatic hydroxyl groups is 1. The molecule has 0 heterocycles. The van der Waals surface area contributed by atoms with Crippen molar-refractivity contribution in [1.82, 2.24) is 0 Å². The van der Waals surface area contributed by atoms with Crippen LogP contribution in [0.2, 0.25) is 0 Å². The Balaban J connectivity index is 2.37. The number of benzene rings is 1. The summed E-state index contributed by atoms with van der Waals surface area (Å²) in [5.41, 5.74) is 0.269. The molecule has 0 fully saturated rings. The van der Waals surface area contributed by atoms with Gasteiger partial charge in [-0.25, -0.2) is 8.78 Å². The Morgan fingerprint density at radius 3 is 2.68 bits per heavy atom. The zero-order chi connectivity index (χ0) is 14.3. The molecule has 1 unspecified atom stereocenters. The highest BCUT2D eigenvalue weighted by atomic mass is 19.1. The topological polar surface area (TPSA) is 50.7 Å². The maximum atomic E-state index is 13.5. The zero-order valence-electron chi connectivity index (χ0n) is 11.1. The van der Waals surface area contributed by atoms with E-state index in [0.717, 1.165) is 12.1 Å². The number of nitrogens with one attached hydrogen (secondary N) is 1. The van der Waals surface area contributed by atoms with Crippen LogP contribution in [0, 0.1) is 18.6 Å². The van der Waals surface area contributed by atoms with Crippen molar-refractivity contribution in [3.05, 3.63) is 29.3 Å². The van der Waals surface area contributed by atoms with Crippen LogP contribution in [0.15, 0.2) is 12.1 Å². The summed E-state index contributed by atoms with van der Waals surface area (Å²) in [4.78, 5) is 0. The summed E-state index contributed by atoms with van der Waals surface area (Å²) >= 11 is 0. The van der Waals surface area contributed by atoms with Gasteiger partial charge in [0.2, 0.25) is 0 Å². The summed E-state index contributed by atoms with van der Waals surface area (Å²) in [6.45, 7) is 2.48. The van der Waals surface area contributed by atoms with E-state index >= 15 is 0 Å². The van der Waals surface area contributed by atoms with Crippen LogP contribution in [0.5, 0.6) is 0 Å². The fourth-order valence-electron chi connectivity index (χ4n) is 1.43. The van der Waals surface area contributed by atoms with Crippen LogP contribution in [0.4, 0.5) is 14.5 Å². The van der Waals surface area contributed by atoms with Crippen molar-refractivity contribution in [2.75, 3.05) is 38.8 Å². The average Bonchev–Trinajstić information content (AvgIpc) is 2.37. The van der Waals surface area contributed by atoms with Crippen LogP contribution < -0.4 is 5.32 Å². The van der Waals surface area contributed by atoms with Gasteiger partial charge in [-0.1, -0.05) is 0 Å². The van der Waals surface area contributed by atoms with Crippen molar-refractivity contribution in [3.63, 3.8) is 0 Å². The molecular formula is C13H19F2NO3. The third-order valence-corrected chi connectivity index (χ3v) is 2.52. The van der Waals surface area contributed by atoms with Gasteiger partial charge in [-0.15, -0.1) is 0 Å². The molecule has 4 nitrogen and oxygen atoms in total. The van der Waals surface area contributed by atoms with E-state index in [0.29, 0.717) is 13.2 Å². The minimum absolute atomic E-state index is 0.0269. The minimum atomic E-state index is -0.805. The molecule has 0 aliphatic rings. The number of hydrogen-bond donors (Lipinski definition) is 2. The van der Waals surface area contributed by atoms with Gasteiger partial charge in [0.05, 0.1) is 31.6 Å². The molecule has 0 bridgehead atoms. The van der Waals surface area contributed by atoms with Gasteiger partial charge in [-0.2, -0.15) is 0 Å². The van der Waals surface area contributed by atoms with E-state index in [2.05, 4.69) is 5.32 Å². The van der Waals surface area contributed by atoms with E-state index in [9.17, 15) is 13.9 Å². The summed E-state index contributed by atoms with van der Waals surface area (Å²) in [7, 11) is 1.55. The molecule has 2 N–H and O–H groups in total. The van der Waals surface area contributed by atoms with Gasteiger partial charge in [0.15, 0.2) is 0 Å². The molecule has 0 aliphatic carbocycles. The summed E-state index contributed by atoms with van der Waals surface area (Å²) < 4.78 is 36.6. The van der Waals surface area contributed by atoms with Gasteiger partial charge in [-0.05, 0) is 18.6 Å². The van der Waals surface area contributed by atoms with Crippen molar-refractivity contribution in [2.24, 2.45) is 0 Å². The fraction of sp³-hybridized carbons (Fsp3) is 0.538. The second-order valence-electron chi connectivity index (χ2n) is 4.18. The molecule has 19 heavy (non-hydrogen) atoms. The first kappa shape index (κ1) is 15.8. The van der Waals surface area contributed by atoms with Crippen LogP contribution in [-0.2, 0) is 9.47 Å². The van der Waals surface area contributed by atoms with Crippen LogP contribution in [0.3, 0.4) is 0 Å². The normalized spacial score (nSPS) is 12.5. The Kier molecular flexibility index (Phi) is 6.69. The Labute approximate surface area is 111 Å². The molecule has 0 saturated carbocycles. The summed E-state index contributed by atoms with van der Waals surface area (Å²) in [5.74, 6) is -1.04. The first-order valence-corrected chi connectivity index (χ1v) is 5.99. The summed E-state index contributed by atoms with van der Waals surface area (Å²) in [6.07, 6.45) is -0.805. The van der Waals surface area contributed by atoms with Gasteiger partial charge in [0.25, 0.3) is 0 Å². The number of rotatable bonds is 8. The molecule has 0 amide bonds. The highest BCUT2D eigenvalue weighted by Crippen LogP contribution is 2.18. The van der Waals surface area contributed by atoms with Gasteiger partial charge >= 0.3 is 0 Å². The minimum Gasteiger partial charge on any atom is -0.389 e. The molecule has 1 aromatic rings. The first-order valence-electron chi connectivity index (χ1n) is 5.99. The predicted octanol–water partition coefficient (Wildman–Crippen LogP) is 1.71. The molecular weight excluding hydrogens is 256 g/mol. The molecule has 0 radical (unpaired) electrons. The Bertz CT molecular complexity index is 402. The number of methoxy groups -OCH3 is 1. The number of ether oxygens (including phenoxy) is 2. The van der Waals surface area contributed by atoms with Crippen LogP contribution in [-0.4, -0.2) is 44.7 Å². The van der Waals surface area contributed by atoms with Gasteiger partial charge in [0, 0.05) is 19.7 Å². The van der Waals surface area contributed by atoms with Crippen molar-refractivity contribution in [2.45, 2.75) is 13.0 Å². The Morgan fingerprint density at radius 2 is 2.00 bits per heavy atom. The first-order chi connectivity index (χ1) is 9.04. The van der Waals surface area contributed by atoms with E-state index in [1.807, 2.05) is 0 Å². The monoisotopic (exact) mass is 275 g/mol. The average molecular weight is 275 g/mol. The van der Waals surface area contributed by atoms with Crippen molar-refractivity contribution >= 4 is 5.69 Å². The fourth-order valence-corrected chi connectivity index (χ4v) is 1.43. The Morgan fingerprint density at radius 1 is 1.26 bits per heavy atom. The number of aryl methyl sites for hydroxylation is 1. The number of halogens is 2. The lowest BCUT2D eigenvalue weighted by Gasteiger charge is -2.14. The number of hydrogen-bond acceptors (Lipinski definition) is 4. The lowest BCUT2D eigenvalue weighted by Crippen LogP contribution is -2.26. The highest BCUT2D eigenvalue weighted by molar-refractivity contribution is 5.46. The molecule has 1 atom stereocenters. The van der Waals surface area contributed by atoms with Gasteiger partial charge in [-0.3, -0.25) is 0 Å². The second-order valence-corrected chi connectivity index (χ2v) is 4.18. The summed E-state index contributed by atoms with van der Waals surface area (Å²) in [5, 5.41) is 12.2. The van der Waals surface area contributed by atoms with Crippen molar-refractivity contribution < 1.29 is 23.4 Å². The van der Waals surface area contributed by atoms with Crippen LogP contribution in [0.1, 0.15) is 5.56 Å². The number of aliphatic hydroxyl groups excluding tert-OH is 1. The highest BCUT2D eigenvalue weighted by Gasteiger charge is 2.09. The second kappa shape index (κ2) is 8.04. The number of anilines is 1. The van der Waals surface area contributed by atoms with E-state index in [1.165, 1.54) is 6.92 Å². The molecule has 0 saturated heterocycles. The third-order valence-electron chi connectivity index (χ3n) is 2.52. The van der Waals surface area contributed by atoms with E-state index in [1.54, 1.807) is 7.11 Å². The maximum Gasteiger partial charge on any atom is 0.146 e. The zero-order valence-corrected chi connectivity index (χ0v) is 11.1. The van der Waals surface area contributed by atoms with Gasteiger partial charge in [0.1, 0.15) is 11.6 Å². The standard InChI is InChI=1S/C13H19F2NO3/c1-9-5-12(15)13(6-11(9)14)16-7-10(17)8-19-4-3-18-2/h5-6,10,16-17H,3-4,7-8H2,1-2H3. The lowest BCUT2D eigenvalue weighted by atomic mass is 10.2. The molecule has 1 rings (SSSR count). The van der Waals surface area contributed by atoms with Crippen molar-refractivity contribution in [1.29, 1.82) is 0 Å². The lowest BCUT2D eigenvalue weighted by molar-refractivity contribution is 0.0182. The molecule has 0 spiro atoms. The third kappa shape index (κ3) is 5.50. The van der Waals surface area contributed by atoms with Crippen LogP contribution >= 0.6 is 0 Å². The quantitative estimate of drug-likeness (QED) is 0.709. The largest absolute Gasteiger partial charge is 0.389 e. The van der Waals surface area contributed by atoms with Crippen LogP contribution in [0.25, 0.3) is 0 Å². The smallest absolute Gasteiger partial charge is 0.146 e. The molecule has 1 aromatic carbocycles. The summed E-state index contributed by atoms with van der Waals surface area (Å²) in [6, 6.07) is 2.18. The molecule has 0 aliphatic heterocycles. The Hall–Kier alpha value is -1.24. The maximum absolute atomic E-state index is 13.5. The predicted molar refractivity (Wildman–Crippen MR) is 68.3 cm³/mol. The SMILES string of the molecule is COCCOCC(O)CNc1cc(F)c(C)cc1F.